The minimum atomic E-state index is -4.62. The fourth-order valence-electron chi connectivity index (χ4n) is 4.68. The van der Waals surface area contributed by atoms with Gasteiger partial charge in [-0.2, -0.15) is 18.3 Å². The van der Waals surface area contributed by atoms with E-state index in [1.54, 1.807) is 43.9 Å². The molecule has 0 atom stereocenters. The van der Waals surface area contributed by atoms with Gasteiger partial charge in [0.15, 0.2) is 11.5 Å². The topological polar surface area (TPSA) is 130 Å². The van der Waals surface area contributed by atoms with E-state index in [1.807, 2.05) is 5.10 Å². The van der Waals surface area contributed by atoms with Gasteiger partial charge in [0.2, 0.25) is 0 Å². The van der Waals surface area contributed by atoms with Gasteiger partial charge in [-0.25, -0.2) is 14.8 Å². The molecule has 4 heterocycles. The number of fused-ring (bicyclic) bond motifs is 1. The van der Waals surface area contributed by atoms with Crippen molar-refractivity contribution < 1.29 is 27.5 Å². The van der Waals surface area contributed by atoms with Gasteiger partial charge < -0.3 is 20.3 Å². The van der Waals surface area contributed by atoms with Crippen molar-refractivity contribution in [2.24, 2.45) is 0 Å². The first-order chi connectivity index (χ1) is 19.8. The highest BCUT2D eigenvalue weighted by Gasteiger charge is 2.36. The summed E-state index contributed by atoms with van der Waals surface area (Å²) in [6.07, 6.45) is 1.38. The van der Waals surface area contributed by atoms with Crippen LogP contribution in [0.4, 0.5) is 29.5 Å². The Hall–Kier alpha value is -4.33. The van der Waals surface area contributed by atoms with Crippen molar-refractivity contribution in [2.75, 3.05) is 18.4 Å². The normalized spacial score (nSPS) is 14.7. The van der Waals surface area contributed by atoms with Crippen LogP contribution in [0.1, 0.15) is 49.7 Å². The summed E-state index contributed by atoms with van der Waals surface area (Å²) in [6, 6.07) is 4.72. The molecule has 1 aliphatic rings. The zero-order valence-electron chi connectivity index (χ0n) is 22.9. The summed E-state index contributed by atoms with van der Waals surface area (Å²) in [7, 11) is 0. The smallest absolute Gasteiger partial charge is 0.433 e. The second-order valence-electron chi connectivity index (χ2n) is 10.8. The number of amides is 2. The molecular weight excluding hydrogens is 577 g/mol. The third kappa shape index (κ3) is 6.27. The average Bonchev–Trinajstić information content (AvgIpc) is 3.56. The number of hydrogen-bond donors (Lipinski definition) is 3. The minimum absolute atomic E-state index is 0.0992. The highest BCUT2D eigenvalue weighted by atomic mass is 35.5. The summed E-state index contributed by atoms with van der Waals surface area (Å²) in [4.78, 5) is 35.5. The van der Waals surface area contributed by atoms with Gasteiger partial charge in [0.25, 0.3) is 5.91 Å². The molecule has 2 amide bonds. The summed E-state index contributed by atoms with van der Waals surface area (Å²) in [5.41, 5.74) is -0.449. The van der Waals surface area contributed by atoms with Crippen molar-refractivity contribution in [1.29, 1.82) is 0 Å². The third-order valence-corrected chi connectivity index (χ3v) is 6.90. The van der Waals surface area contributed by atoms with Crippen LogP contribution in [-0.4, -0.2) is 66.2 Å². The van der Waals surface area contributed by atoms with Crippen LogP contribution >= 0.6 is 11.6 Å². The van der Waals surface area contributed by atoms with Crippen LogP contribution in [0.5, 0.6) is 0 Å². The van der Waals surface area contributed by atoms with Gasteiger partial charge in [0.05, 0.1) is 34.2 Å². The molecule has 5 rings (SSSR count). The zero-order valence-corrected chi connectivity index (χ0v) is 23.7. The Morgan fingerprint density at radius 2 is 1.86 bits per heavy atom. The Morgan fingerprint density at radius 3 is 2.52 bits per heavy atom. The van der Waals surface area contributed by atoms with Crippen molar-refractivity contribution in [1.82, 2.24) is 34.8 Å². The summed E-state index contributed by atoms with van der Waals surface area (Å²) < 4.78 is 47.0. The summed E-state index contributed by atoms with van der Waals surface area (Å²) in [5, 5.41) is 11.7. The van der Waals surface area contributed by atoms with E-state index in [-0.39, 0.29) is 39.7 Å². The maximum absolute atomic E-state index is 13.4. The van der Waals surface area contributed by atoms with E-state index in [0.717, 1.165) is 6.20 Å². The largest absolute Gasteiger partial charge is 0.444 e. The number of aromatic amines is 1. The molecule has 42 heavy (non-hydrogen) atoms. The Bertz CT molecular complexity index is 1620. The number of carbonyl (C=O) groups is 2. The van der Waals surface area contributed by atoms with Gasteiger partial charge in [-0.1, -0.05) is 11.6 Å². The first-order valence-electron chi connectivity index (χ1n) is 13.1. The molecule has 4 aromatic rings. The second-order valence-corrected chi connectivity index (χ2v) is 11.2. The lowest BCUT2D eigenvalue weighted by Gasteiger charge is -2.33. The van der Waals surface area contributed by atoms with E-state index in [0.29, 0.717) is 37.2 Å². The SMILES string of the molecule is CC(C)(C)OC(=O)NC1CCN(C(=O)c2ccc(Nc3nccn4c(-c5cn[nH]c5C(F)(F)F)cnc34)cc2Cl)CC1. The number of ether oxygens (including phenoxy) is 1. The lowest BCUT2D eigenvalue weighted by atomic mass is 10.0. The van der Waals surface area contributed by atoms with Crippen molar-refractivity contribution in [3.05, 3.63) is 59.3 Å². The first kappa shape index (κ1) is 29.2. The molecule has 0 spiro atoms. The van der Waals surface area contributed by atoms with E-state index in [4.69, 9.17) is 16.3 Å². The standard InChI is InChI=1S/C27H28ClF3N8O3/c1-26(2,3)42-25(41)36-15-6-9-38(10-7-15)24(40)17-5-4-16(12-19(17)28)35-22-23-33-14-20(39(23)11-8-32-22)18-13-34-37-21(18)27(29,30)31/h4-5,8,11-15H,6-7,9-10H2,1-3H3,(H,32,35)(H,34,37)(H,36,41). The highest BCUT2D eigenvalue weighted by molar-refractivity contribution is 6.34. The number of imidazole rings is 1. The molecule has 0 radical (unpaired) electrons. The predicted molar refractivity (Wildman–Crippen MR) is 149 cm³/mol. The fraction of sp³-hybridized carbons (Fsp3) is 0.370. The second kappa shape index (κ2) is 11.2. The molecule has 11 nitrogen and oxygen atoms in total. The zero-order chi connectivity index (χ0) is 30.2. The van der Waals surface area contributed by atoms with Crippen LogP contribution in [0.2, 0.25) is 5.02 Å². The van der Waals surface area contributed by atoms with Crippen LogP contribution in [0.15, 0.2) is 43.0 Å². The number of nitrogens with zero attached hydrogens (tertiary/aromatic N) is 5. The molecule has 0 bridgehead atoms. The van der Waals surface area contributed by atoms with Gasteiger partial charge >= 0.3 is 12.3 Å². The maximum Gasteiger partial charge on any atom is 0.433 e. The van der Waals surface area contributed by atoms with Crippen molar-refractivity contribution in [3.63, 3.8) is 0 Å². The molecule has 1 fully saturated rings. The molecular formula is C27H28ClF3N8O3. The molecule has 15 heteroatoms. The number of H-pyrrole nitrogens is 1. The van der Waals surface area contributed by atoms with Gasteiger partial charge in [-0.15, -0.1) is 0 Å². The van der Waals surface area contributed by atoms with Crippen molar-refractivity contribution >= 4 is 40.8 Å². The van der Waals surface area contributed by atoms with Gasteiger partial charge in [0.1, 0.15) is 11.3 Å². The maximum atomic E-state index is 13.4. The average molecular weight is 605 g/mol. The molecule has 3 N–H and O–H groups in total. The number of carbonyl (C=O) groups excluding carboxylic acids is 2. The predicted octanol–water partition coefficient (Wildman–Crippen LogP) is 5.66. The molecule has 0 saturated carbocycles. The van der Waals surface area contributed by atoms with E-state index >= 15 is 0 Å². The molecule has 0 unspecified atom stereocenters. The fourth-order valence-corrected chi connectivity index (χ4v) is 4.94. The number of aromatic nitrogens is 5. The van der Waals surface area contributed by atoms with Crippen LogP contribution in [0.3, 0.4) is 0 Å². The lowest BCUT2D eigenvalue weighted by Crippen LogP contribution is -2.47. The van der Waals surface area contributed by atoms with Crippen molar-refractivity contribution in [2.45, 2.75) is 51.4 Å². The summed E-state index contributed by atoms with van der Waals surface area (Å²) in [5.74, 6) is 0.0384. The molecule has 0 aliphatic carbocycles. The number of piperidine rings is 1. The molecule has 222 valence electrons. The Labute approximate surface area is 243 Å². The van der Waals surface area contributed by atoms with Gasteiger partial charge in [-0.05, 0) is 51.8 Å². The third-order valence-electron chi connectivity index (χ3n) is 6.59. The van der Waals surface area contributed by atoms with Crippen LogP contribution in [0.25, 0.3) is 16.9 Å². The Kier molecular flexibility index (Phi) is 7.75. The van der Waals surface area contributed by atoms with Crippen molar-refractivity contribution in [3.8, 4) is 11.3 Å². The number of likely N-dealkylation sites (tertiary alicyclic amines) is 1. The van der Waals surface area contributed by atoms with Gasteiger partial charge in [0, 0.05) is 37.2 Å². The lowest BCUT2D eigenvalue weighted by molar-refractivity contribution is -0.140. The number of rotatable bonds is 5. The number of halogens is 4. The number of alkyl halides is 3. The van der Waals surface area contributed by atoms with E-state index < -0.39 is 23.6 Å². The van der Waals surface area contributed by atoms with Crippen LogP contribution in [-0.2, 0) is 10.9 Å². The number of benzene rings is 1. The number of alkyl carbamates (subject to hydrolysis) is 1. The molecule has 1 aliphatic heterocycles. The number of nitrogens with one attached hydrogen (secondary N) is 3. The van der Waals surface area contributed by atoms with E-state index in [9.17, 15) is 22.8 Å². The van der Waals surface area contributed by atoms with Crippen LogP contribution in [0, 0.1) is 0 Å². The first-order valence-corrected chi connectivity index (χ1v) is 13.5. The molecule has 1 saturated heterocycles. The summed E-state index contributed by atoms with van der Waals surface area (Å²) >= 11 is 6.50. The molecule has 3 aromatic heterocycles. The van der Waals surface area contributed by atoms with Gasteiger partial charge in [-0.3, -0.25) is 14.3 Å². The Balaban J connectivity index is 1.27. The Morgan fingerprint density at radius 1 is 1.12 bits per heavy atom. The number of hydrogen-bond acceptors (Lipinski definition) is 7. The van der Waals surface area contributed by atoms with E-state index in [2.05, 4.69) is 25.7 Å². The van der Waals surface area contributed by atoms with Crippen LogP contribution < -0.4 is 10.6 Å². The minimum Gasteiger partial charge on any atom is -0.444 e. The molecule has 1 aromatic carbocycles. The summed E-state index contributed by atoms with van der Waals surface area (Å²) in [6.45, 7) is 6.26. The monoisotopic (exact) mass is 604 g/mol. The quantitative estimate of drug-likeness (QED) is 0.268. The highest BCUT2D eigenvalue weighted by Crippen LogP contribution is 2.36. The van der Waals surface area contributed by atoms with E-state index in [1.165, 1.54) is 23.0 Å². The number of anilines is 2.